The van der Waals surface area contributed by atoms with Gasteiger partial charge in [0, 0.05) is 5.57 Å². The average Bonchev–Trinajstić information content (AvgIpc) is 3.42. The summed E-state index contributed by atoms with van der Waals surface area (Å²) in [7, 11) is 0. The maximum atomic E-state index is 11.3. The molecule has 0 spiro atoms. The minimum atomic E-state index is -4.30. The van der Waals surface area contributed by atoms with Gasteiger partial charge in [-0.2, -0.15) is 13.2 Å². The van der Waals surface area contributed by atoms with Crippen molar-refractivity contribution in [3.8, 4) is 11.6 Å². The zero-order chi connectivity index (χ0) is 32.1. The summed E-state index contributed by atoms with van der Waals surface area (Å²) in [6, 6.07) is 18.4. The molecule has 0 radical (unpaired) electrons. The number of H-pyrrole nitrogens is 1. The molecule has 4 rings (SSSR count). The summed E-state index contributed by atoms with van der Waals surface area (Å²) in [6.07, 6.45) is 2.68. The third kappa shape index (κ3) is 10.5. The van der Waals surface area contributed by atoms with Crippen LogP contribution in [0.4, 0.5) is 24.8 Å². The first kappa shape index (κ1) is 34.8. The summed E-state index contributed by atoms with van der Waals surface area (Å²) >= 11 is -0.292. The Morgan fingerprint density at radius 2 is 1.93 bits per heavy atom. The fraction of sp³-hybridized carbons (Fsp3) is 0.294. The van der Waals surface area contributed by atoms with Gasteiger partial charge in [0.1, 0.15) is 0 Å². The van der Waals surface area contributed by atoms with Crippen LogP contribution in [0, 0.1) is 3.57 Å². The number of pyridine rings is 1. The molecule has 6 nitrogen and oxygen atoms in total. The van der Waals surface area contributed by atoms with E-state index in [0.717, 1.165) is 28.0 Å². The Morgan fingerprint density at radius 1 is 1.16 bits per heavy atom. The molecule has 236 valence electrons. The van der Waals surface area contributed by atoms with E-state index in [1.54, 1.807) is 6.20 Å². The van der Waals surface area contributed by atoms with Gasteiger partial charge in [-0.15, -0.1) is 0 Å². The van der Waals surface area contributed by atoms with E-state index in [4.69, 9.17) is 14.5 Å². The van der Waals surface area contributed by atoms with Crippen molar-refractivity contribution in [1.82, 2.24) is 15.0 Å². The molecule has 0 amide bonds. The number of ether oxygens (including phenoxy) is 2. The largest absolute Gasteiger partial charge is 0.415 e. The molecule has 0 aliphatic carbocycles. The number of hydrogen-bond acceptors (Lipinski definition) is 5. The molecule has 2 aromatic carbocycles. The predicted octanol–water partition coefficient (Wildman–Crippen LogP) is 10.5. The number of hydrogen-bond donors (Lipinski definition) is 2. The molecule has 1 atom stereocenters. The molecule has 0 aliphatic heterocycles. The van der Waals surface area contributed by atoms with Crippen LogP contribution in [-0.2, 0) is 4.74 Å². The molecule has 4 aromatic rings. The second-order valence-corrected chi connectivity index (χ2v) is 13.2. The van der Waals surface area contributed by atoms with Crippen LogP contribution in [0.5, 0.6) is 11.6 Å². The van der Waals surface area contributed by atoms with E-state index >= 15 is 0 Å². The smallest absolute Gasteiger partial charge is 0.166 e. The van der Waals surface area contributed by atoms with Gasteiger partial charge in [-0.1, -0.05) is 30.9 Å². The van der Waals surface area contributed by atoms with Gasteiger partial charge in [-0.25, -0.2) is 0 Å². The number of imidazole rings is 1. The number of rotatable bonds is 13. The number of anilines is 2. The maximum Gasteiger partial charge on any atom is 0.415 e. The van der Waals surface area contributed by atoms with Crippen molar-refractivity contribution in [1.29, 1.82) is 0 Å². The van der Waals surface area contributed by atoms with Crippen molar-refractivity contribution in [2.75, 3.05) is 16.4 Å². The van der Waals surface area contributed by atoms with E-state index in [1.165, 1.54) is 26.4 Å². The Labute approximate surface area is 267 Å². The number of halogens is 4. The van der Waals surface area contributed by atoms with E-state index < -0.39 is 11.7 Å². The van der Waals surface area contributed by atoms with Gasteiger partial charge in [0.15, 0.2) is 0 Å². The van der Waals surface area contributed by atoms with Crippen LogP contribution >= 0.6 is 21.2 Å². The molecule has 2 heterocycles. The van der Waals surface area contributed by atoms with Gasteiger partial charge in [0.25, 0.3) is 0 Å². The minimum absolute atomic E-state index is 0.0111. The minimum Gasteiger partial charge on any atom is -0.166 e. The summed E-state index contributed by atoms with van der Waals surface area (Å²) in [4.78, 5) is 12.6. The van der Waals surface area contributed by atoms with Crippen LogP contribution in [0.25, 0.3) is 11.0 Å². The number of para-hydroxylation sites is 1. The van der Waals surface area contributed by atoms with Crippen LogP contribution < -0.4 is 10.1 Å². The summed E-state index contributed by atoms with van der Waals surface area (Å²) < 4.78 is 48.8. The second kappa shape index (κ2) is 17.0. The summed E-state index contributed by atoms with van der Waals surface area (Å²) in [5, 5.41) is 3.37. The van der Waals surface area contributed by atoms with Crippen LogP contribution in [-0.4, -0.2) is 32.2 Å². The number of nitrogens with zero attached hydrogens (tertiary/aromatic N) is 2. The monoisotopic (exact) mass is 720 g/mol. The molecular formula is C34H40F3IN4O2. The molecule has 0 aliphatic rings. The van der Waals surface area contributed by atoms with Gasteiger partial charge < -0.3 is 4.74 Å². The molecule has 44 heavy (non-hydrogen) atoms. The van der Waals surface area contributed by atoms with Crippen LogP contribution in [0.3, 0.4) is 0 Å². The van der Waals surface area contributed by atoms with Gasteiger partial charge in [0.2, 0.25) is 0 Å². The van der Waals surface area contributed by atoms with Crippen molar-refractivity contribution in [3.63, 3.8) is 0 Å². The Hall–Kier alpha value is -3.64. The molecule has 1 unspecified atom stereocenters. The summed E-state index contributed by atoms with van der Waals surface area (Å²) in [5.41, 5.74) is 4.02. The molecule has 2 aromatic heterocycles. The van der Waals surface area contributed by atoms with Crippen molar-refractivity contribution in [2.24, 2.45) is 0 Å². The topological polar surface area (TPSA) is 72.1 Å². The first-order valence-electron chi connectivity index (χ1n) is 14.3. The van der Waals surface area contributed by atoms with E-state index in [2.05, 4.69) is 79.6 Å². The number of allylic oxidation sites excluding steroid dienone is 3. The van der Waals surface area contributed by atoms with Crippen molar-refractivity contribution < 1.29 is 22.6 Å². The van der Waals surface area contributed by atoms with Crippen LogP contribution in [0.15, 0.2) is 97.3 Å². The molecule has 2 N–H and O–H groups in total. The van der Waals surface area contributed by atoms with E-state index in [0.29, 0.717) is 24.5 Å². The number of aromatic amines is 1. The molecule has 0 fully saturated rings. The van der Waals surface area contributed by atoms with Crippen molar-refractivity contribution in [3.05, 3.63) is 106 Å². The Bertz CT molecular complexity index is 1570. The van der Waals surface area contributed by atoms with Crippen LogP contribution in [0.1, 0.15) is 52.2 Å². The SMILES string of the molecule is C/C=C(\C)COC(C)c1ccc2nc(Nc3cccnc3Oc3ccccc3[IH]CCCC)[nH]c2c1.C=CC(=C)C(F)(F)F. The van der Waals surface area contributed by atoms with E-state index in [9.17, 15) is 13.2 Å². The standard InChI is InChI=1S/C29H35IN4O2.C5H5F3/c1-5-7-16-30-23-11-8-9-13-27(23)36-28-25(12-10-17-31-28)33-29-32-24-15-14-22(18-26(24)34-29)21(4)35-19-20(3)6-2;1-3-4(2)5(6,7)8/h6,8-15,17-18,21,30H,5,7,16,19H2,1-4H3,(H2,32,33,34);3H,1-2H2/b20-6+;. The average molecular weight is 721 g/mol. The van der Waals surface area contributed by atoms with Crippen molar-refractivity contribution >= 4 is 43.9 Å². The quantitative estimate of drug-likeness (QED) is 0.0473. The van der Waals surface area contributed by atoms with Crippen LogP contribution in [0.2, 0.25) is 0 Å². The fourth-order valence-electron chi connectivity index (χ4n) is 3.67. The number of alkyl halides is 4. The molecule has 10 heteroatoms. The first-order valence-corrected chi connectivity index (χ1v) is 17.1. The number of nitrogens with one attached hydrogen (secondary N) is 2. The maximum absolute atomic E-state index is 11.3. The molecule has 0 bridgehead atoms. The summed E-state index contributed by atoms with van der Waals surface area (Å²) in [5.74, 6) is 2.08. The van der Waals surface area contributed by atoms with Crippen molar-refractivity contribution in [2.45, 2.75) is 52.8 Å². The zero-order valence-corrected chi connectivity index (χ0v) is 27.8. The number of fused-ring (bicyclic) bond motifs is 1. The predicted molar refractivity (Wildman–Crippen MR) is 183 cm³/mol. The zero-order valence-electron chi connectivity index (χ0n) is 25.5. The number of aromatic nitrogens is 3. The van der Waals surface area contributed by atoms with Gasteiger partial charge in [0.05, 0.1) is 6.61 Å². The van der Waals surface area contributed by atoms with Gasteiger partial charge in [-0.05, 0) is 20.8 Å². The third-order valence-electron chi connectivity index (χ3n) is 6.48. The third-order valence-corrected chi connectivity index (χ3v) is 9.73. The second-order valence-electron chi connectivity index (χ2n) is 9.91. The summed E-state index contributed by atoms with van der Waals surface area (Å²) in [6.45, 7) is 14.6. The fourth-order valence-corrected chi connectivity index (χ4v) is 6.75. The number of unbranched alkanes of at least 4 members (excludes halogenated alkanes) is 1. The van der Waals surface area contributed by atoms with Gasteiger partial charge in [-0.3, -0.25) is 0 Å². The van der Waals surface area contributed by atoms with E-state index in [1.807, 2.05) is 37.3 Å². The normalized spacial score (nSPS) is 12.4. The number of benzene rings is 2. The van der Waals surface area contributed by atoms with E-state index in [-0.39, 0.29) is 27.3 Å². The Morgan fingerprint density at radius 3 is 2.61 bits per heavy atom. The molecule has 0 saturated carbocycles. The molecular weight excluding hydrogens is 680 g/mol. The van der Waals surface area contributed by atoms with Gasteiger partial charge >= 0.3 is 187 Å². The first-order chi connectivity index (χ1) is 21.0. The molecule has 0 saturated heterocycles. The Kier molecular flexibility index (Phi) is 13.5. The Balaban J connectivity index is 0.000000583.